The molecule has 3 aromatic heterocycles. The molecule has 4 aromatic rings. The second-order valence-electron chi connectivity index (χ2n) is 6.20. The summed E-state index contributed by atoms with van der Waals surface area (Å²) in [7, 11) is 0. The summed E-state index contributed by atoms with van der Waals surface area (Å²) in [4.78, 5) is 13.4. The summed E-state index contributed by atoms with van der Waals surface area (Å²) in [5, 5.41) is 15.2. The van der Waals surface area contributed by atoms with Gasteiger partial charge in [0.25, 0.3) is 11.8 Å². The van der Waals surface area contributed by atoms with Gasteiger partial charge in [-0.15, -0.1) is 21.5 Å². The van der Waals surface area contributed by atoms with Crippen molar-refractivity contribution in [2.45, 2.75) is 20.1 Å². The van der Waals surface area contributed by atoms with E-state index in [1.165, 1.54) is 16.0 Å². The topological polar surface area (TPSA) is 83.0 Å². The number of rotatable bonds is 6. The van der Waals surface area contributed by atoms with Crippen molar-refractivity contribution in [3.05, 3.63) is 73.6 Å². The molecule has 0 unspecified atom stereocenters. The van der Waals surface area contributed by atoms with Gasteiger partial charge in [0, 0.05) is 10.0 Å². The van der Waals surface area contributed by atoms with Crippen LogP contribution in [0.3, 0.4) is 0 Å². The van der Waals surface area contributed by atoms with Gasteiger partial charge in [0.2, 0.25) is 0 Å². The molecule has 0 amide bonds. The maximum Gasteiger partial charge on any atom is 0.343 e. The molecule has 7 nitrogen and oxygen atoms in total. The Hall–Kier alpha value is -2.39. The number of carbonyl (C=O) groups is 1. The highest BCUT2D eigenvalue weighted by atomic mass is 35.5. The Kier molecular flexibility index (Phi) is 6.10. The Morgan fingerprint density at radius 3 is 2.80 bits per heavy atom. The fourth-order valence-electron chi connectivity index (χ4n) is 2.71. The zero-order valence-electron chi connectivity index (χ0n) is 15.4. The standard InChI is InChI=1S/C19H13Cl3N4O3S/c1-10-16(17(22)26(25-10)8-11-4-5-12(20)7-13(11)21)19(27)28-9-15-23-24-18(29-15)14-3-2-6-30-14/h2-7H,8-9H2,1H3. The first-order valence-electron chi connectivity index (χ1n) is 8.62. The second kappa shape index (κ2) is 8.77. The van der Waals surface area contributed by atoms with Crippen LogP contribution in [0.25, 0.3) is 10.8 Å². The summed E-state index contributed by atoms with van der Waals surface area (Å²) in [6, 6.07) is 8.86. The number of thiophene rings is 1. The summed E-state index contributed by atoms with van der Waals surface area (Å²) in [6.45, 7) is 1.77. The maximum atomic E-state index is 12.6. The van der Waals surface area contributed by atoms with Gasteiger partial charge < -0.3 is 9.15 Å². The van der Waals surface area contributed by atoms with Crippen LogP contribution in [0.15, 0.2) is 40.1 Å². The average Bonchev–Trinajstić information content (AvgIpc) is 3.43. The van der Waals surface area contributed by atoms with E-state index in [1.54, 1.807) is 25.1 Å². The number of aryl methyl sites for hydroxylation is 1. The van der Waals surface area contributed by atoms with E-state index in [4.69, 9.17) is 44.0 Å². The van der Waals surface area contributed by atoms with Crippen LogP contribution in [-0.2, 0) is 17.9 Å². The van der Waals surface area contributed by atoms with E-state index in [2.05, 4.69) is 15.3 Å². The lowest BCUT2D eigenvalue weighted by atomic mass is 10.2. The molecule has 0 bridgehead atoms. The van der Waals surface area contributed by atoms with Crippen LogP contribution in [-0.4, -0.2) is 25.9 Å². The second-order valence-corrected chi connectivity index (χ2v) is 8.35. The predicted molar refractivity (Wildman–Crippen MR) is 114 cm³/mol. The van der Waals surface area contributed by atoms with Crippen molar-refractivity contribution in [3.63, 3.8) is 0 Å². The van der Waals surface area contributed by atoms with Crippen LogP contribution in [0, 0.1) is 6.92 Å². The van der Waals surface area contributed by atoms with Crippen molar-refractivity contribution in [2.75, 3.05) is 0 Å². The molecule has 1 aromatic carbocycles. The monoisotopic (exact) mass is 482 g/mol. The Labute approximate surface area is 190 Å². The molecule has 0 spiro atoms. The van der Waals surface area contributed by atoms with Gasteiger partial charge in [0.15, 0.2) is 6.61 Å². The molecular formula is C19H13Cl3N4O3S. The minimum Gasteiger partial charge on any atom is -0.452 e. The SMILES string of the molecule is Cc1nn(Cc2ccc(Cl)cc2Cl)c(Cl)c1C(=O)OCc1nnc(-c2cccs2)o1. The normalized spacial score (nSPS) is 11.1. The summed E-state index contributed by atoms with van der Waals surface area (Å²) in [6.07, 6.45) is 0. The number of aromatic nitrogens is 4. The van der Waals surface area contributed by atoms with Gasteiger partial charge in [-0.2, -0.15) is 5.10 Å². The van der Waals surface area contributed by atoms with Gasteiger partial charge >= 0.3 is 5.97 Å². The van der Waals surface area contributed by atoms with Gasteiger partial charge in [-0.3, -0.25) is 0 Å². The van der Waals surface area contributed by atoms with E-state index in [-0.39, 0.29) is 29.8 Å². The quantitative estimate of drug-likeness (QED) is 0.329. The smallest absolute Gasteiger partial charge is 0.343 e. The Bertz CT molecular complexity index is 1200. The van der Waals surface area contributed by atoms with Gasteiger partial charge in [0.1, 0.15) is 10.7 Å². The molecule has 0 atom stereocenters. The third-order valence-electron chi connectivity index (χ3n) is 4.13. The molecule has 30 heavy (non-hydrogen) atoms. The Balaban J connectivity index is 1.46. The van der Waals surface area contributed by atoms with E-state index in [1.807, 2.05) is 17.5 Å². The van der Waals surface area contributed by atoms with Gasteiger partial charge in [-0.1, -0.05) is 46.9 Å². The molecule has 0 aliphatic carbocycles. The van der Waals surface area contributed by atoms with Gasteiger partial charge in [-0.25, -0.2) is 9.48 Å². The molecule has 11 heteroatoms. The summed E-state index contributed by atoms with van der Waals surface area (Å²) >= 11 is 20.0. The van der Waals surface area contributed by atoms with E-state index in [0.717, 1.165) is 10.4 Å². The van der Waals surface area contributed by atoms with Crippen molar-refractivity contribution in [1.29, 1.82) is 0 Å². The molecule has 154 valence electrons. The fraction of sp³-hybridized carbons (Fsp3) is 0.158. The number of carbonyl (C=O) groups excluding carboxylic acids is 1. The number of hydrogen-bond donors (Lipinski definition) is 0. The number of esters is 1. The third kappa shape index (κ3) is 4.37. The molecule has 0 saturated carbocycles. The third-order valence-corrected chi connectivity index (χ3v) is 5.96. The van der Waals surface area contributed by atoms with Crippen molar-refractivity contribution < 1.29 is 13.9 Å². The molecule has 0 fully saturated rings. The van der Waals surface area contributed by atoms with Gasteiger partial charge in [0.05, 0.1) is 17.1 Å². The summed E-state index contributed by atoms with van der Waals surface area (Å²) in [5.74, 6) is -0.0828. The van der Waals surface area contributed by atoms with Crippen molar-refractivity contribution in [1.82, 2.24) is 20.0 Å². The van der Waals surface area contributed by atoms with Crippen LogP contribution in [0.2, 0.25) is 15.2 Å². The molecule has 0 radical (unpaired) electrons. The molecule has 0 N–H and O–H groups in total. The minimum atomic E-state index is -0.637. The number of benzene rings is 1. The summed E-state index contributed by atoms with van der Waals surface area (Å²) in [5.41, 5.74) is 1.36. The predicted octanol–water partition coefficient (Wildman–Crippen LogP) is 5.67. The number of hydrogen-bond acceptors (Lipinski definition) is 7. The van der Waals surface area contributed by atoms with E-state index >= 15 is 0 Å². The van der Waals surface area contributed by atoms with Crippen LogP contribution < -0.4 is 0 Å². The minimum absolute atomic E-state index is 0.147. The average molecular weight is 484 g/mol. The first kappa shape index (κ1) is 20.9. The van der Waals surface area contributed by atoms with Crippen LogP contribution in [0.5, 0.6) is 0 Å². The summed E-state index contributed by atoms with van der Waals surface area (Å²) < 4.78 is 12.3. The highest BCUT2D eigenvalue weighted by molar-refractivity contribution is 7.13. The number of nitrogens with zero attached hydrogens (tertiary/aromatic N) is 4. The van der Waals surface area contributed by atoms with Gasteiger partial charge in [-0.05, 0) is 36.1 Å². The lowest BCUT2D eigenvalue weighted by Gasteiger charge is -2.06. The molecule has 4 rings (SSSR count). The molecule has 0 aliphatic rings. The fourth-order valence-corrected chi connectivity index (χ4v) is 4.14. The van der Waals surface area contributed by atoms with Crippen molar-refractivity contribution in [2.24, 2.45) is 0 Å². The Morgan fingerprint density at radius 2 is 2.07 bits per heavy atom. The first-order valence-corrected chi connectivity index (χ1v) is 10.6. The van der Waals surface area contributed by atoms with Crippen LogP contribution in [0.4, 0.5) is 0 Å². The molecular weight excluding hydrogens is 471 g/mol. The molecule has 0 saturated heterocycles. The van der Waals surface area contributed by atoms with Crippen molar-refractivity contribution in [3.8, 4) is 10.8 Å². The van der Waals surface area contributed by atoms with E-state index < -0.39 is 5.97 Å². The zero-order chi connectivity index (χ0) is 21.3. The lowest BCUT2D eigenvalue weighted by Crippen LogP contribution is -2.07. The van der Waals surface area contributed by atoms with Crippen LogP contribution in [0.1, 0.15) is 27.5 Å². The Morgan fingerprint density at radius 1 is 1.23 bits per heavy atom. The number of halogens is 3. The van der Waals surface area contributed by atoms with E-state index in [9.17, 15) is 4.79 Å². The molecule has 0 aliphatic heterocycles. The number of ether oxygens (including phenoxy) is 1. The lowest BCUT2D eigenvalue weighted by molar-refractivity contribution is 0.0438. The first-order chi connectivity index (χ1) is 14.4. The van der Waals surface area contributed by atoms with Crippen LogP contribution >= 0.6 is 46.1 Å². The zero-order valence-corrected chi connectivity index (χ0v) is 18.5. The van der Waals surface area contributed by atoms with E-state index in [0.29, 0.717) is 21.6 Å². The largest absolute Gasteiger partial charge is 0.452 e. The molecule has 3 heterocycles. The van der Waals surface area contributed by atoms with Crippen molar-refractivity contribution >= 4 is 52.1 Å². The maximum absolute atomic E-state index is 12.6. The highest BCUT2D eigenvalue weighted by Crippen LogP contribution is 2.27. The highest BCUT2D eigenvalue weighted by Gasteiger charge is 2.23.